The molecule has 1 atom stereocenters. The minimum absolute atomic E-state index is 0.0661. The van der Waals surface area contributed by atoms with Gasteiger partial charge in [-0.05, 0) is 48.1 Å². The molecule has 0 amide bonds. The second-order valence-electron chi connectivity index (χ2n) is 6.40. The third-order valence-corrected chi connectivity index (χ3v) is 4.71. The zero-order valence-corrected chi connectivity index (χ0v) is 13.9. The maximum Gasteiger partial charge on any atom is 0.193 e. The van der Waals surface area contributed by atoms with Crippen molar-refractivity contribution in [2.75, 3.05) is 0 Å². The van der Waals surface area contributed by atoms with Crippen molar-refractivity contribution in [3.63, 3.8) is 0 Å². The number of carbonyl (C=O) groups is 1. The summed E-state index contributed by atoms with van der Waals surface area (Å²) in [6, 6.07) is 25.8. The predicted octanol–water partition coefficient (Wildman–Crippen LogP) is 5.35. The molecule has 0 aliphatic carbocycles. The summed E-state index contributed by atoms with van der Waals surface area (Å²) >= 11 is 0. The average Bonchev–Trinajstić information content (AvgIpc) is 2.69. The number of carbonyl (C=O) groups excluding carboxylic acids is 1. The van der Waals surface area contributed by atoms with E-state index in [9.17, 15) is 4.79 Å². The lowest BCUT2D eigenvalue weighted by atomic mass is 9.85. The molecule has 0 fully saturated rings. The van der Waals surface area contributed by atoms with E-state index in [2.05, 4.69) is 29.3 Å². The van der Waals surface area contributed by atoms with Crippen LogP contribution in [-0.2, 0) is 6.42 Å². The van der Waals surface area contributed by atoms with E-state index < -0.39 is 0 Å². The van der Waals surface area contributed by atoms with Gasteiger partial charge in [0.25, 0.3) is 0 Å². The Balaban J connectivity index is 1.67. The number of hydrogen-bond acceptors (Lipinski definition) is 2. The Labute approximate surface area is 147 Å². The molecular formula is C23H19NO. The Bertz CT molecular complexity index is 913. The molecule has 0 saturated heterocycles. The molecule has 1 aliphatic heterocycles. The normalized spacial score (nSPS) is 15.6. The van der Waals surface area contributed by atoms with Crippen molar-refractivity contribution in [1.82, 2.24) is 0 Å². The molecule has 1 heterocycles. The molecule has 3 aromatic carbocycles. The fraction of sp³-hybridized carbons (Fsp3) is 0.130. The van der Waals surface area contributed by atoms with Gasteiger partial charge >= 0.3 is 0 Å². The molecule has 0 spiro atoms. The Morgan fingerprint density at radius 1 is 0.880 bits per heavy atom. The monoisotopic (exact) mass is 325 g/mol. The summed E-state index contributed by atoms with van der Waals surface area (Å²) in [7, 11) is 0. The summed E-state index contributed by atoms with van der Waals surface area (Å²) in [5.41, 5.74) is 4.93. The fourth-order valence-corrected chi connectivity index (χ4v) is 3.39. The number of hydrogen-bond donors (Lipinski definition) is 0. The van der Waals surface area contributed by atoms with E-state index in [1.165, 1.54) is 11.1 Å². The van der Waals surface area contributed by atoms with Gasteiger partial charge in [-0.25, -0.2) is 0 Å². The molecule has 0 bridgehead atoms. The molecule has 122 valence electrons. The Kier molecular flexibility index (Phi) is 4.26. The van der Waals surface area contributed by atoms with Crippen molar-refractivity contribution < 1.29 is 4.79 Å². The first-order valence-corrected chi connectivity index (χ1v) is 8.61. The summed E-state index contributed by atoms with van der Waals surface area (Å²) in [4.78, 5) is 17.3. The van der Waals surface area contributed by atoms with Crippen LogP contribution in [0.3, 0.4) is 0 Å². The van der Waals surface area contributed by atoms with Crippen molar-refractivity contribution in [1.29, 1.82) is 0 Å². The highest BCUT2D eigenvalue weighted by molar-refractivity contribution is 6.09. The van der Waals surface area contributed by atoms with Gasteiger partial charge in [0.2, 0.25) is 0 Å². The van der Waals surface area contributed by atoms with Crippen LogP contribution in [0.25, 0.3) is 0 Å². The topological polar surface area (TPSA) is 29.4 Å². The van der Waals surface area contributed by atoms with Crippen molar-refractivity contribution in [3.8, 4) is 0 Å². The quantitative estimate of drug-likeness (QED) is 0.595. The molecule has 25 heavy (non-hydrogen) atoms. The third-order valence-electron chi connectivity index (χ3n) is 4.71. The number of benzene rings is 3. The van der Waals surface area contributed by atoms with Crippen molar-refractivity contribution in [2.24, 2.45) is 4.99 Å². The van der Waals surface area contributed by atoms with Crippen molar-refractivity contribution in [2.45, 2.75) is 18.8 Å². The minimum Gasteiger partial charge on any atom is -0.289 e. The van der Waals surface area contributed by atoms with Crippen LogP contribution in [0.5, 0.6) is 0 Å². The molecule has 0 saturated carbocycles. The van der Waals surface area contributed by atoms with Gasteiger partial charge in [0.15, 0.2) is 5.78 Å². The highest BCUT2D eigenvalue weighted by Crippen LogP contribution is 2.36. The average molecular weight is 325 g/mol. The first-order chi connectivity index (χ1) is 12.3. The second kappa shape index (κ2) is 6.86. The number of ketones is 1. The van der Waals surface area contributed by atoms with E-state index in [0.717, 1.165) is 29.7 Å². The van der Waals surface area contributed by atoms with Gasteiger partial charge in [-0.15, -0.1) is 0 Å². The zero-order valence-electron chi connectivity index (χ0n) is 13.9. The van der Waals surface area contributed by atoms with Crippen LogP contribution in [0.1, 0.15) is 39.4 Å². The lowest BCUT2D eigenvalue weighted by Crippen LogP contribution is -2.10. The number of fused-ring (bicyclic) bond motifs is 1. The molecule has 1 unspecified atom stereocenters. The van der Waals surface area contributed by atoms with E-state index in [4.69, 9.17) is 0 Å². The van der Waals surface area contributed by atoms with Crippen LogP contribution in [0, 0.1) is 0 Å². The molecule has 0 radical (unpaired) electrons. The third kappa shape index (κ3) is 3.29. The zero-order chi connectivity index (χ0) is 17.1. The molecule has 2 nitrogen and oxygen atoms in total. The predicted molar refractivity (Wildman–Crippen MR) is 102 cm³/mol. The van der Waals surface area contributed by atoms with Gasteiger partial charge < -0.3 is 0 Å². The summed E-state index contributed by atoms with van der Waals surface area (Å²) in [6.45, 7) is 0. The smallest absolute Gasteiger partial charge is 0.193 e. The lowest BCUT2D eigenvalue weighted by Gasteiger charge is -2.22. The largest absolute Gasteiger partial charge is 0.289 e. The van der Waals surface area contributed by atoms with Gasteiger partial charge in [0.1, 0.15) is 0 Å². The summed E-state index contributed by atoms with van der Waals surface area (Å²) < 4.78 is 0. The van der Waals surface area contributed by atoms with Crippen LogP contribution in [0.15, 0.2) is 83.9 Å². The van der Waals surface area contributed by atoms with Crippen molar-refractivity contribution >= 4 is 17.7 Å². The van der Waals surface area contributed by atoms with Crippen LogP contribution in [-0.4, -0.2) is 12.0 Å². The van der Waals surface area contributed by atoms with Gasteiger partial charge in [-0.2, -0.15) is 0 Å². The van der Waals surface area contributed by atoms with Gasteiger partial charge in [0, 0.05) is 17.3 Å². The van der Waals surface area contributed by atoms with E-state index >= 15 is 0 Å². The number of nitrogens with zero attached hydrogens (tertiary/aromatic N) is 1. The molecule has 0 N–H and O–H groups in total. The molecule has 4 rings (SSSR count). The van der Waals surface area contributed by atoms with Gasteiger partial charge in [0.05, 0.1) is 5.69 Å². The maximum absolute atomic E-state index is 12.8. The summed E-state index contributed by atoms with van der Waals surface area (Å²) in [5.74, 6) is 0.426. The van der Waals surface area contributed by atoms with E-state index in [-0.39, 0.29) is 5.78 Å². The second-order valence-corrected chi connectivity index (χ2v) is 6.40. The molecule has 0 aromatic heterocycles. The minimum atomic E-state index is 0.0661. The highest BCUT2D eigenvalue weighted by Gasteiger charge is 2.20. The van der Waals surface area contributed by atoms with Gasteiger partial charge in [-0.1, -0.05) is 60.7 Å². The fourth-order valence-electron chi connectivity index (χ4n) is 3.39. The number of rotatable bonds is 4. The van der Waals surface area contributed by atoms with E-state index in [0.29, 0.717) is 5.92 Å². The first kappa shape index (κ1) is 15.5. The molecule has 2 heteroatoms. The van der Waals surface area contributed by atoms with E-state index in [1.807, 2.05) is 60.8 Å². The molecule has 1 aliphatic rings. The SMILES string of the molecule is O=C(c1ccccc1)c1ccc2c(c1)C(Cc1ccccc1)CC=N2. The van der Waals surface area contributed by atoms with Crippen LogP contribution in [0.4, 0.5) is 5.69 Å². The van der Waals surface area contributed by atoms with Crippen LogP contribution in [0.2, 0.25) is 0 Å². The summed E-state index contributed by atoms with van der Waals surface area (Å²) in [6.07, 6.45) is 3.86. The maximum atomic E-state index is 12.8. The molecule has 3 aromatic rings. The molecular weight excluding hydrogens is 306 g/mol. The van der Waals surface area contributed by atoms with Crippen LogP contribution < -0.4 is 0 Å². The number of aliphatic imine (C=N–C) groups is 1. The van der Waals surface area contributed by atoms with E-state index in [1.54, 1.807) is 0 Å². The standard InChI is InChI=1S/C23H19NO/c25-23(18-9-5-2-6-10-18)20-11-12-22-21(16-20)19(13-14-24-22)15-17-7-3-1-4-8-17/h1-12,14,16,19H,13,15H2. The highest BCUT2D eigenvalue weighted by atomic mass is 16.1. The Hall–Kier alpha value is -3.00. The Morgan fingerprint density at radius 2 is 1.60 bits per heavy atom. The lowest BCUT2D eigenvalue weighted by molar-refractivity contribution is 0.103. The first-order valence-electron chi connectivity index (χ1n) is 8.61. The summed E-state index contributed by atoms with van der Waals surface area (Å²) in [5, 5.41) is 0. The van der Waals surface area contributed by atoms with Gasteiger partial charge in [-0.3, -0.25) is 9.79 Å². The Morgan fingerprint density at radius 3 is 2.36 bits per heavy atom. The van der Waals surface area contributed by atoms with Crippen molar-refractivity contribution in [3.05, 3.63) is 101 Å². The van der Waals surface area contributed by atoms with Crippen LogP contribution >= 0.6 is 0 Å².